The van der Waals surface area contributed by atoms with Gasteiger partial charge in [0.25, 0.3) is 0 Å². The highest BCUT2D eigenvalue weighted by Gasteiger charge is 2.45. The molecule has 0 amide bonds. The summed E-state index contributed by atoms with van der Waals surface area (Å²) in [4.78, 5) is 14.2. The van der Waals surface area contributed by atoms with E-state index in [2.05, 4.69) is 31.9 Å². The highest BCUT2D eigenvalue weighted by molar-refractivity contribution is 7.81. The molecule has 0 saturated heterocycles. The second-order valence-electron chi connectivity index (χ2n) is 10.6. The number of aryl methyl sites for hydroxylation is 1. The van der Waals surface area contributed by atoms with Gasteiger partial charge >= 0.3 is 5.97 Å². The first kappa shape index (κ1) is 25.6. The molecule has 3 heterocycles. The number of halogens is 1. The first-order valence-electron chi connectivity index (χ1n) is 12.9. The third kappa shape index (κ3) is 5.18. The Morgan fingerprint density at radius 3 is 2.85 bits per heavy atom. The van der Waals surface area contributed by atoms with Gasteiger partial charge in [-0.1, -0.05) is 17.3 Å². The van der Waals surface area contributed by atoms with E-state index in [1.54, 1.807) is 10.7 Å². The molecule has 2 aromatic heterocycles. The standard InChI is InChI=1S/C29H30FN5O3S/c1-29(39)17-34(15-19-12-20(30)7-8-26(19)38-29)14-18-5-4-6-21(11-18)35-10-9-22(28(36)37-3)27(35)24-13-23(24)25-16-33(2)32-31-25/h4-12,16,23-24,39H,13-15,17H2,1-3H3/t23?,24-,29?/m1/s1. The molecule has 1 aliphatic carbocycles. The summed E-state index contributed by atoms with van der Waals surface area (Å²) < 4.78 is 29.0. The Hall–Kier alpha value is -3.63. The lowest BCUT2D eigenvalue weighted by molar-refractivity contribution is 0.0599. The van der Waals surface area contributed by atoms with Gasteiger partial charge in [0.1, 0.15) is 11.6 Å². The van der Waals surface area contributed by atoms with Crippen molar-refractivity contribution in [2.45, 2.75) is 43.2 Å². The number of thiol groups is 1. The van der Waals surface area contributed by atoms with E-state index in [0.29, 0.717) is 30.9 Å². The average molecular weight is 548 g/mol. The number of hydrogen-bond acceptors (Lipinski definition) is 7. The number of ether oxygens (including phenoxy) is 2. The number of fused-ring (bicyclic) bond motifs is 1. The van der Waals surface area contributed by atoms with E-state index in [1.165, 1.54) is 19.2 Å². The van der Waals surface area contributed by atoms with Crippen molar-refractivity contribution in [1.29, 1.82) is 0 Å². The zero-order chi connectivity index (χ0) is 27.3. The van der Waals surface area contributed by atoms with Crippen molar-refractivity contribution in [3.63, 3.8) is 0 Å². The molecule has 0 bridgehead atoms. The highest BCUT2D eigenvalue weighted by Crippen LogP contribution is 2.55. The SMILES string of the molecule is COC(=O)c1ccn(-c2cccc(CN3Cc4cc(F)ccc4OC(C)(S)C3)c2)c1[C@@H]1CC1c1cn(C)nn1. The maximum absolute atomic E-state index is 14.0. The fourth-order valence-electron chi connectivity index (χ4n) is 5.62. The zero-order valence-electron chi connectivity index (χ0n) is 22.0. The van der Waals surface area contributed by atoms with Crippen LogP contribution in [0.5, 0.6) is 5.75 Å². The molecule has 6 rings (SSSR count). The highest BCUT2D eigenvalue weighted by atomic mass is 32.1. The van der Waals surface area contributed by atoms with E-state index < -0.39 is 4.93 Å². The number of nitrogens with zero attached hydrogens (tertiary/aromatic N) is 5. The van der Waals surface area contributed by atoms with Crippen LogP contribution in [0.3, 0.4) is 0 Å². The first-order chi connectivity index (χ1) is 18.7. The summed E-state index contributed by atoms with van der Waals surface area (Å²) in [6.07, 6.45) is 4.74. The largest absolute Gasteiger partial charge is 0.475 e. The smallest absolute Gasteiger partial charge is 0.339 e. The molecule has 2 unspecified atom stereocenters. The van der Waals surface area contributed by atoms with Gasteiger partial charge in [-0.15, -0.1) is 17.7 Å². The molecule has 1 saturated carbocycles. The Morgan fingerprint density at radius 1 is 1.23 bits per heavy atom. The zero-order valence-corrected chi connectivity index (χ0v) is 22.9. The molecular formula is C29H30FN5O3S. The predicted molar refractivity (Wildman–Crippen MR) is 147 cm³/mol. The van der Waals surface area contributed by atoms with Gasteiger partial charge in [-0.3, -0.25) is 9.58 Å². The van der Waals surface area contributed by atoms with Crippen molar-refractivity contribution < 1.29 is 18.7 Å². The van der Waals surface area contributed by atoms with Crippen LogP contribution in [0.4, 0.5) is 4.39 Å². The minimum atomic E-state index is -0.731. The summed E-state index contributed by atoms with van der Waals surface area (Å²) in [5.41, 5.74) is 5.24. The van der Waals surface area contributed by atoms with Crippen molar-refractivity contribution in [1.82, 2.24) is 24.5 Å². The van der Waals surface area contributed by atoms with Crippen LogP contribution in [0.15, 0.2) is 60.9 Å². The monoisotopic (exact) mass is 547 g/mol. The van der Waals surface area contributed by atoms with E-state index in [9.17, 15) is 9.18 Å². The summed E-state index contributed by atoms with van der Waals surface area (Å²) in [7, 11) is 3.26. The molecule has 0 N–H and O–H groups in total. The Morgan fingerprint density at radius 2 is 2.08 bits per heavy atom. The Balaban J connectivity index is 1.30. The van der Waals surface area contributed by atoms with Crippen molar-refractivity contribution in [3.8, 4) is 11.4 Å². The van der Waals surface area contributed by atoms with Crippen LogP contribution in [0.25, 0.3) is 5.69 Å². The summed E-state index contributed by atoms with van der Waals surface area (Å²) in [6.45, 7) is 3.63. The van der Waals surface area contributed by atoms with Gasteiger partial charge in [0, 0.05) is 67.9 Å². The number of carbonyl (C=O) groups is 1. The lowest BCUT2D eigenvalue weighted by Crippen LogP contribution is -2.38. The second kappa shape index (κ2) is 9.84. The Kier molecular flexibility index (Phi) is 6.47. The van der Waals surface area contributed by atoms with E-state index in [1.807, 2.05) is 44.6 Å². The molecule has 39 heavy (non-hydrogen) atoms. The molecular weight excluding hydrogens is 517 g/mol. The number of carbonyl (C=O) groups excluding carboxylic acids is 1. The summed E-state index contributed by atoms with van der Waals surface area (Å²) in [5, 5.41) is 8.38. The van der Waals surface area contributed by atoms with Crippen LogP contribution in [-0.4, -0.2) is 49.0 Å². The normalized spacial score (nSPS) is 22.6. The maximum Gasteiger partial charge on any atom is 0.339 e. The molecule has 8 nitrogen and oxygen atoms in total. The van der Waals surface area contributed by atoms with Gasteiger partial charge in [0.05, 0.1) is 18.4 Å². The summed E-state index contributed by atoms with van der Waals surface area (Å²) >= 11 is 4.74. The van der Waals surface area contributed by atoms with Crippen LogP contribution in [-0.2, 0) is 24.9 Å². The molecule has 0 radical (unpaired) electrons. The molecule has 10 heteroatoms. The number of benzene rings is 2. The number of hydrogen-bond donors (Lipinski definition) is 1. The second-order valence-corrected chi connectivity index (χ2v) is 11.5. The quantitative estimate of drug-likeness (QED) is 0.275. The first-order valence-corrected chi connectivity index (χ1v) is 13.3. The molecule has 3 atom stereocenters. The van der Waals surface area contributed by atoms with Crippen LogP contribution in [0.1, 0.15) is 58.1 Å². The van der Waals surface area contributed by atoms with Gasteiger partial charge in [0.15, 0.2) is 4.93 Å². The fraction of sp³-hybridized carbons (Fsp3) is 0.345. The molecule has 1 aliphatic heterocycles. The van der Waals surface area contributed by atoms with Crippen LogP contribution in [0.2, 0.25) is 0 Å². The fourth-order valence-corrected chi connectivity index (χ4v) is 5.91. The lowest BCUT2D eigenvalue weighted by Gasteiger charge is -2.28. The molecule has 0 spiro atoms. The predicted octanol–water partition coefficient (Wildman–Crippen LogP) is 4.84. The molecule has 2 aromatic carbocycles. The molecule has 1 fully saturated rings. The number of rotatable bonds is 6. The summed E-state index contributed by atoms with van der Waals surface area (Å²) in [6, 6.07) is 14.7. The minimum absolute atomic E-state index is 0.133. The summed E-state index contributed by atoms with van der Waals surface area (Å²) in [5.74, 6) is 0.342. The topological polar surface area (TPSA) is 74.4 Å². The Bertz CT molecular complexity index is 1550. The van der Waals surface area contributed by atoms with Gasteiger partial charge < -0.3 is 14.0 Å². The average Bonchev–Trinajstić information content (AvgIpc) is 3.39. The number of aromatic nitrogens is 4. The molecule has 202 valence electrons. The maximum atomic E-state index is 14.0. The van der Waals surface area contributed by atoms with Gasteiger partial charge in [-0.05, 0) is 55.3 Å². The number of esters is 1. The Labute approximate surface area is 231 Å². The van der Waals surface area contributed by atoms with E-state index in [4.69, 9.17) is 22.1 Å². The third-order valence-electron chi connectivity index (χ3n) is 7.33. The van der Waals surface area contributed by atoms with E-state index >= 15 is 0 Å². The van der Waals surface area contributed by atoms with E-state index in [0.717, 1.165) is 34.6 Å². The lowest BCUT2D eigenvalue weighted by atomic mass is 10.1. The number of methoxy groups -OCH3 is 1. The van der Waals surface area contributed by atoms with Crippen molar-refractivity contribution in [2.24, 2.45) is 7.05 Å². The van der Waals surface area contributed by atoms with E-state index in [-0.39, 0.29) is 23.6 Å². The van der Waals surface area contributed by atoms with Crippen molar-refractivity contribution in [2.75, 3.05) is 13.7 Å². The van der Waals surface area contributed by atoms with Crippen LogP contribution in [0, 0.1) is 5.82 Å². The van der Waals surface area contributed by atoms with Crippen LogP contribution < -0.4 is 4.74 Å². The minimum Gasteiger partial charge on any atom is -0.475 e. The third-order valence-corrected chi connectivity index (χ3v) is 7.56. The van der Waals surface area contributed by atoms with Crippen molar-refractivity contribution in [3.05, 3.63) is 94.8 Å². The van der Waals surface area contributed by atoms with Crippen molar-refractivity contribution >= 4 is 18.6 Å². The van der Waals surface area contributed by atoms with Gasteiger partial charge in [0.2, 0.25) is 0 Å². The van der Waals surface area contributed by atoms with Gasteiger partial charge in [-0.25, -0.2) is 9.18 Å². The van der Waals surface area contributed by atoms with Crippen LogP contribution >= 0.6 is 12.6 Å². The molecule has 2 aliphatic rings. The van der Waals surface area contributed by atoms with Gasteiger partial charge in [-0.2, -0.15) is 0 Å². The molecule has 4 aromatic rings.